The fraction of sp³-hybridized carbons (Fsp3) is 0.333. The number of carbonyl (C=O) groups excluding carboxylic acids is 2. The van der Waals surface area contributed by atoms with Gasteiger partial charge in [0.2, 0.25) is 5.91 Å². The predicted molar refractivity (Wildman–Crippen MR) is 101 cm³/mol. The first-order valence-corrected chi connectivity index (χ1v) is 9.06. The Morgan fingerprint density at radius 3 is 2.52 bits per heavy atom. The molecule has 1 aliphatic rings. The maximum Gasteiger partial charge on any atom is 0.258 e. The molecule has 2 amide bonds. The number of carbonyl (C=O) groups is 2. The molecule has 3 rings (SSSR count). The van der Waals surface area contributed by atoms with Crippen LogP contribution in [0.25, 0.3) is 0 Å². The monoisotopic (exact) mass is 368 g/mol. The summed E-state index contributed by atoms with van der Waals surface area (Å²) in [7, 11) is 0. The highest BCUT2D eigenvalue weighted by Gasteiger charge is 2.28. The normalized spacial score (nSPS) is 17.8. The maximum atomic E-state index is 12.7. The molecule has 0 bridgehead atoms. The van der Waals surface area contributed by atoms with Gasteiger partial charge in [-0.1, -0.05) is 48.5 Å². The first kappa shape index (κ1) is 18.9. The van der Waals surface area contributed by atoms with Gasteiger partial charge in [0.25, 0.3) is 5.91 Å². The summed E-state index contributed by atoms with van der Waals surface area (Å²) in [5.41, 5.74) is 1.04. The van der Waals surface area contributed by atoms with Crippen molar-refractivity contribution in [2.45, 2.75) is 19.1 Å². The topological polar surface area (TPSA) is 67.9 Å². The fourth-order valence-electron chi connectivity index (χ4n) is 3.00. The highest BCUT2D eigenvalue weighted by Crippen LogP contribution is 2.22. The third-order valence-electron chi connectivity index (χ3n) is 4.41. The Morgan fingerprint density at radius 1 is 1.15 bits per heavy atom. The van der Waals surface area contributed by atoms with Gasteiger partial charge in [-0.25, -0.2) is 0 Å². The molecular formula is C21H24N2O4. The summed E-state index contributed by atoms with van der Waals surface area (Å²) >= 11 is 0. The van der Waals surface area contributed by atoms with E-state index in [0.29, 0.717) is 25.4 Å². The molecule has 0 radical (unpaired) electrons. The molecule has 1 aliphatic heterocycles. The van der Waals surface area contributed by atoms with Gasteiger partial charge < -0.3 is 19.7 Å². The molecule has 2 atom stereocenters. The number of rotatable bonds is 6. The second-order valence-corrected chi connectivity index (χ2v) is 6.45. The molecule has 0 spiro atoms. The van der Waals surface area contributed by atoms with Crippen molar-refractivity contribution in [1.82, 2.24) is 10.2 Å². The number of hydrogen-bond acceptors (Lipinski definition) is 4. The molecule has 0 saturated carbocycles. The zero-order chi connectivity index (χ0) is 19.1. The van der Waals surface area contributed by atoms with Crippen LogP contribution >= 0.6 is 0 Å². The van der Waals surface area contributed by atoms with Crippen LogP contribution in [0.2, 0.25) is 0 Å². The molecule has 1 unspecified atom stereocenters. The van der Waals surface area contributed by atoms with Gasteiger partial charge in [0.1, 0.15) is 17.9 Å². The molecule has 27 heavy (non-hydrogen) atoms. The molecule has 2 aromatic carbocycles. The lowest BCUT2D eigenvalue weighted by atomic mass is 10.1. The van der Waals surface area contributed by atoms with Crippen molar-refractivity contribution < 1.29 is 19.1 Å². The summed E-state index contributed by atoms with van der Waals surface area (Å²) in [6, 6.07) is 18.3. The van der Waals surface area contributed by atoms with Crippen molar-refractivity contribution in [2.75, 3.05) is 26.3 Å². The average molecular weight is 368 g/mol. The van der Waals surface area contributed by atoms with Crippen molar-refractivity contribution in [3.8, 4) is 5.75 Å². The molecule has 1 heterocycles. The largest absolute Gasteiger partial charge is 0.484 e. The highest BCUT2D eigenvalue weighted by atomic mass is 16.5. The Morgan fingerprint density at radius 2 is 1.81 bits per heavy atom. The van der Waals surface area contributed by atoms with Gasteiger partial charge in [-0.2, -0.15) is 0 Å². The average Bonchev–Trinajstić information content (AvgIpc) is 2.73. The van der Waals surface area contributed by atoms with Gasteiger partial charge in [-0.15, -0.1) is 0 Å². The van der Waals surface area contributed by atoms with Gasteiger partial charge in [0.05, 0.1) is 13.2 Å². The number of benzene rings is 2. The molecule has 1 saturated heterocycles. The van der Waals surface area contributed by atoms with E-state index in [4.69, 9.17) is 9.47 Å². The van der Waals surface area contributed by atoms with Gasteiger partial charge in [0.15, 0.2) is 6.61 Å². The summed E-state index contributed by atoms with van der Waals surface area (Å²) in [6.45, 7) is 3.03. The number of hydrogen-bond donors (Lipinski definition) is 1. The summed E-state index contributed by atoms with van der Waals surface area (Å²) in [4.78, 5) is 26.5. The second kappa shape index (κ2) is 9.19. The minimum atomic E-state index is -0.619. The van der Waals surface area contributed by atoms with E-state index in [1.807, 2.05) is 48.5 Å². The van der Waals surface area contributed by atoms with E-state index in [1.54, 1.807) is 24.0 Å². The number of amides is 2. The van der Waals surface area contributed by atoms with Crippen LogP contribution in [0.15, 0.2) is 60.7 Å². The van der Waals surface area contributed by atoms with Crippen LogP contribution in [0.4, 0.5) is 0 Å². The Labute approximate surface area is 159 Å². The van der Waals surface area contributed by atoms with Crippen LogP contribution in [-0.4, -0.2) is 49.1 Å². The zero-order valence-corrected chi connectivity index (χ0v) is 15.3. The fourth-order valence-corrected chi connectivity index (χ4v) is 3.00. The van der Waals surface area contributed by atoms with Crippen LogP contribution in [0, 0.1) is 0 Å². The first-order valence-electron chi connectivity index (χ1n) is 9.06. The number of para-hydroxylation sites is 1. The minimum absolute atomic E-state index is 0.118. The van der Waals surface area contributed by atoms with E-state index >= 15 is 0 Å². The standard InChI is InChI=1S/C21H24N2O4/c1-16(22-20(24)15-27-18-10-6-3-7-11-18)21(25)23-12-13-26-19(14-23)17-8-4-2-5-9-17/h2-11,16,19H,12-15H2,1H3,(H,22,24)/t16-,19?/m0/s1. The predicted octanol–water partition coefficient (Wildman–Crippen LogP) is 2.17. The smallest absolute Gasteiger partial charge is 0.258 e. The van der Waals surface area contributed by atoms with Crippen LogP contribution in [0.1, 0.15) is 18.6 Å². The molecule has 6 heteroatoms. The van der Waals surface area contributed by atoms with Gasteiger partial charge >= 0.3 is 0 Å². The molecule has 2 aromatic rings. The molecule has 142 valence electrons. The summed E-state index contributed by atoms with van der Waals surface area (Å²) in [6.07, 6.45) is -0.145. The van der Waals surface area contributed by atoms with Crippen LogP contribution in [0.5, 0.6) is 5.75 Å². The van der Waals surface area contributed by atoms with Gasteiger partial charge in [-0.05, 0) is 24.6 Å². The molecule has 6 nitrogen and oxygen atoms in total. The summed E-state index contributed by atoms with van der Waals surface area (Å²) in [5, 5.41) is 2.71. The number of nitrogens with zero attached hydrogens (tertiary/aromatic N) is 1. The van der Waals surface area contributed by atoms with Crippen LogP contribution in [0.3, 0.4) is 0 Å². The summed E-state index contributed by atoms with van der Waals surface area (Å²) < 4.78 is 11.2. The first-order chi connectivity index (χ1) is 13.1. The quantitative estimate of drug-likeness (QED) is 0.849. The SMILES string of the molecule is C[C@H](NC(=O)COc1ccccc1)C(=O)N1CCOC(c2ccccc2)C1. The lowest BCUT2D eigenvalue weighted by Gasteiger charge is -2.34. The lowest BCUT2D eigenvalue weighted by Crippen LogP contribution is -2.51. The zero-order valence-electron chi connectivity index (χ0n) is 15.3. The molecule has 1 fully saturated rings. The number of nitrogens with one attached hydrogen (secondary N) is 1. The number of ether oxygens (including phenoxy) is 2. The van der Waals surface area contributed by atoms with E-state index in [2.05, 4.69) is 5.32 Å². The van der Waals surface area contributed by atoms with Crippen molar-refractivity contribution in [2.24, 2.45) is 0 Å². The van der Waals surface area contributed by atoms with Crippen LogP contribution in [-0.2, 0) is 14.3 Å². The van der Waals surface area contributed by atoms with Crippen molar-refractivity contribution in [1.29, 1.82) is 0 Å². The third kappa shape index (κ3) is 5.31. The maximum absolute atomic E-state index is 12.7. The van der Waals surface area contributed by atoms with E-state index in [0.717, 1.165) is 5.56 Å². The van der Waals surface area contributed by atoms with E-state index < -0.39 is 6.04 Å². The Hall–Kier alpha value is -2.86. The van der Waals surface area contributed by atoms with Gasteiger partial charge in [-0.3, -0.25) is 9.59 Å². The highest BCUT2D eigenvalue weighted by molar-refractivity contribution is 5.88. The summed E-state index contributed by atoms with van der Waals surface area (Å²) in [5.74, 6) is 0.172. The van der Waals surface area contributed by atoms with E-state index in [-0.39, 0.29) is 24.5 Å². The van der Waals surface area contributed by atoms with Gasteiger partial charge in [0, 0.05) is 6.54 Å². The number of morpholine rings is 1. The Bertz CT molecular complexity index is 751. The third-order valence-corrected chi connectivity index (χ3v) is 4.41. The van der Waals surface area contributed by atoms with Crippen molar-refractivity contribution >= 4 is 11.8 Å². The molecule has 0 aromatic heterocycles. The van der Waals surface area contributed by atoms with Crippen molar-refractivity contribution in [3.05, 3.63) is 66.2 Å². The van der Waals surface area contributed by atoms with Crippen LogP contribution < -0.4 is 10.1 Å². The lowest BCUT2D eigenvalue weighted by molar-refractivity contribution is -0.142. The second-order valence-electron chi connectivity index (χ2n) is 6.45. The minimum Gasteiger partial charge on any atom is -0.484 e. The molecule has 1 N–H and O–H groups in total. The Balaban J connectivity index is 1.49. The molecule has 0 aliphatic carbocycles. The van der Waals surface area contributed by atoms with Crippen molar-refractivity contribution in [3.63, 3.8) is 0 Å². The van der Waals surface area contributed by atoms with E-state index in [9.17, 15) is 9.59 Å². The Kier molecular flexibility index (Phi) is 6.44. The molecular weight excluding hydrogens is 344 g/mol. The van der Waals surface area contributed by atoms with E-state index in [1.165, 1.54) is 0 Å².